The van der Waals surface area contributed by atoms with E-state index >= 15 is 0 Å². The lowest BCUT2D eigenvalue weighted by Crippen LogP contribution is -2.33. The molecule has 2 aromatic carbocycles. The molecule has 1 atom stereocenters. The molecule has 0 fully saturated rings. The van der Waals surface area contributed by atoms with Gasteiger partial charge in [0.1, 0.15) is 6.04 Å². The first-order chi connectivity index (χ1) is 10.1. The quantitative estimate of drug-likeness (QED) is 0.821. The van der Waals surface area contributed by atoms with E-state index in [0.717, 1.165) is 19.8 Å². The van der Waals surface area contributed by atoms with Crippen molar-refractivity contribution >= 4 is 33.7 Å². The summed E-state index contributed by atoms with van der Waals surface area (Å²) in [5.41, 5.74) is 6.90. The molecule has 3 nitrogen and oxygen atoms in total. The molecule has 0 aliphatic heterocycles. The summed E-state index contributed by atoms with van der Waals surface area (Å²) >= 11 is 5.08. The van der Waals surface area contributed by atoms with Gasteiger partial charge >= 0.3 is 5.97 Å². The Hall–Kier alpha value is -1.30. The number of benzene rings is 2. The van der Waals surface area contributed by atoms with Crippen LogP contribution in [0.4, 0.5) is 0 Å². The lowest BCUT2D eigenvalue weighted by Gasteiger charge is -2.13. The molecule has 0 aliphatic carbocycles. The van der Waals surface area contributed by atoms with Gasteiger partial charge in [-0.05, 0) is 42.3 Å². The molecule has 21 heavy (non-hydrogen) atoms. The van der Waals surface area contributed by atoms with Crippen molar-refractivity contribution in [3.63, 3.8) is 0 Å². The Morgan fingerprint density at radius 2 is 1.90 bits per heavy atom. The SMILES string of the molecule is COC(=O)[C@@H](N)Cc1ccccc1Sc1ccc(Br)cc1. The van der Waals surface area contributed by atoms with Gasteiger partial charge in [-0.25, -0.2) is 0 Å². The van der Waals surface area contributed by atoms with Crippen molar-refractivity contribution in [3.05, 3.63) is 58.6 Å². The van der Waals surface area contributed by atoms with Gasteiger partial charge in [0, 0.05) is 14.3 Å². The van der Waals surface area contributed by atoms with E-state index in [0.29, 0.717) is 6.42 Å². The number of hydrogen-bond acceptors (Lipinski definition) is 4. The maximum Gasteiger partial charge on any atom is 0.322 e. The van der Waals surface area contributed by atoms with Gasteiger partial charge in [0.2, 0.25) is 0 Å². The Morgan fingerprint density at radius 3 is 2.57 bits per heavy atom. The van der Waals surface area contributed by atoms with Crippen LogP contribution in [-0.2, 0) is 16.0 Å². The van der Waals surface area contributed by atoms with Crippen LogP contribution in [0, 0.1) is 0 Å². The van der Waals surface area contributed by atoms with Gasteiger partial charge < -0.3 is 10.5 Å². The van der Waals surface area contributed by atoms with E-state index in [-0.39, 0.29) is 0 Å². The van der Waals surface area contributed by atoms with Crippen molar-refractivity contribution in [2.45, 2.75) is 22.3 Å². The summed E-state index contributed by atoms with van der Waals surface area (Å²) in [6.07, 6.45) is 0.465. The second-order valence-electron chi connectivity index (χ2n) is 4.50. The Balaban J connectivity index is 2.16. The fourth-order valence-electron chi connectivity index (χ4n) is 1.87. The molecule has 0 unspecified atom stereocenters. The molecule has 0 aliphatic rings. The molecule has 0 bridgehead atoms. The number of ether oxygens (including phenoxy) is 1. The van der Waals surface area contributed by atoms with E-state index in [9.17, 15) is 4.79 Å². The molecule has 0 amide bonds. The van der Waals surface area contributed by atoms with E-state index in [1.54, 1.807) is 11.8 Å². The van der Waals surface area contributed by atoms with Crippen LogP contribution in [0.1, 0.15) is 5.56 Å². The number of carbonyl (C=O) groups excluding carboxylic acids is 1. The normalized spacial score (nSPS) is 12.0. The van der Waals surface area contributed by atoms with E-state index in [1.807, 2.05) is 48.5 Å². The number of nitrogens with two attached hydrogens (primary N) is 1. The van der Waals surface area contributed by atoms with Crippen LogP contribution in [-0.4, -0.2) is 19.1 Å². The van der Waals surface area contributed by atoms with E-state index in [2.05, 4.69) is 20.7 Å². The minimum atomic E-state index is -0.637. The molecular formula is C16H16BrNO2S. The highest BCUT2D eigenvalue weighted by Gasteiger charge is 2.16. The zero-order chi connectivity index (χ0) is 15.2. The minimum Gasteiger partial charge on any atom is -0.468 e. The van der Waals surface area contributed by atoms with E-state index < -0.39 is 12.0 Å². The predicted octanol–water partition coefficient (Wildman–Crippen LogP) is 3.64. The maximum absolute atomic E-state index is 11.5. The van der Waals surface area contributed by atoms with Crippen LogP contribution in [0.2, 0.25) is 0 Å². The van der Waals surface area contributed by atoms with Crippen molar-refractivity contribution in [1.82, 2.24) is 0 Å². The molecule has 110 valence electrons. The number of rotatable bonds is 5. The fraction of sp³-hybridized carbons (Fsp3) is 0.188. The van der Waals surface area contributed by atoms with Crippen LogP contribution in [0.3, 0.4) is 0 Å². The van der Waals surface area contributed by atoms with Crippen LogP contribution in [0.5, 0.6) is 0 Å². The van der Waals surface area contributed by atoms with Crippen molar-refractivity contribution in [1.29, 1.82) is 0 Å². The van der Waals surface area contributed by atoms with Crippen LogP contribution in [0.25, 0.3) is 0 Å². The van der Waals surface area contributed by atoms with Gasteiger partial charge in [-0.2, -0.15) is 0 Å². The van der Waals surface area contributed by atoms with E-state index in [4.69, 9.17) is 5.73 Å². The maximum atomic E-state index is 11.5. The Morgan fingerprint density at radius 1 is 1.24 bits per heavy atom. The first-order valence-electron chi connectivity index (χ1n) is 6.45. The second kappa shape index (κ2) is 7.64. The topological polar surface area (TPSA) is 52.3 Å². The summed E-state index contributed by atoms with van der Waals surface area (Å²) in [7, 11) is 1.35. The van der Waals surface area contributed by atoms with Gasteiger partial charge in [-0.1, -0.05) is 45.9 Å². The molecule has 5 heteroatoms. The summed E-state index contributed by atoms with van der Waals surface area (Å²) in [4.78, 5) is 13.7. The zero-order valence-electron chi connectivity index (χ0n) is 11.6. The van der Waals surface area contributed by atoms with Gasteiger partial charge in [0.25, 0.3) is 0 Å². The standard InChI is InChI=1S/C16H16BrNO2S/c1-20-16(19)14(18)10-11-4-2-3-5-15(11)21-13-8-6-12(17)7-9-13/h2-9,14H,10,18H2,1H3/t14-/m0/s1. The molecule has 0 heterocycles. The number of esters is 1. The summed E-state index contributed by atoms with van der Waals surface area (Å²) < 4.78 is 5.73. The molecule has 0 radical (unpaired) electrons. The summed E-state index contributed by atoms with van der Waals surface area (Å²) in [6, 6.07) is 15.4. The lowest BCUT2D eigenvalue weighted by molar-refractivity contribution is -0.142. The third-order valence-corrected chi connectivity index (χ3v) is 4.61. The minimum absolute atomic E-state index is 0.390. The molecule has 0 saturated heterocycles. The Bertz CT molecular complexity index is 616. The average Bonchev–Trinajstić information content (AvgIpc) is 2.50. The number of methoxy groups -OCH3 is 1. The van der Waals surface area contributed by atoms with Crippen molar-refractivity contribution in [3.8, 4) is 0 Å². The first-order valence-corrected chi connectivity index (χ1v) is 8.06. The molecule has 0 spiro atoms. The first kappa shape index (κ1) is 16.1. The van der Waals surface area contributed by atoms with E-state index in [1.165, 1.54) is 7.11 Å². The second-order valence-corrected chi connectivity index (χ2v) is 6.53. The summed E-state index contributed by atoms with van der Waals surface area (Å²) in [6.45, 7) is 0. The number of carbonyl (C=O) groups is 1. The highest BCUT2D eigenvalue weighted by molar-refractivity contribution is 9.10. The number of halogens is 1. The van der Waals surface area contributed by atoms with Crippen molar-refractivity contribution in [2.75, 3.05) is 7.11 Å². The van der Waals surface area contributed by atoms with Crippen LogP contribution >= 0.6 is 27.7 Å². The highest BCUT2D eigenvalue weighted by Crippen LogP contribution is 2.31. The van der Waals surface area contributed by atoms with Gasteiger partial charge in [0.05, 0.1) is 7.11 Å². The summed E-state index contributed by atoms with van der Waals surface area (Å²) in [5.74, 6) is -0.390. The molecule has 2 N–H and O–H groups in total. The molecular weight excluding hydrogens is 350 g/mol. The molecule has 0 aromatic heterocycles. The molecule has 0 saturated carbocycles. The van der Waals surface area contributed by atoms with Gasteiger partial charge in [0.15, 0.2) is 0 Å². The predicted molar refractivity (Wildman–Crippen MR) is 88.4 cm³/mol. The fourth-order valence-corrected chi connectivity index (χ4v) is 3.09. The zero-order valence-corrected chi connectivity index (χ0v) is 14.0. The Kier molecular flexibility index (Phi) is 5.85. The van der Waals surface area contributed by atoms with Gasteiger partial charge in [-0.15, -0.1) is 0 Å². The largest absolute Gasteiger partial charge is 0.468 e. The smallest absolute Gasteiger partial charge is 0.322 e. The highest BCUT2D eigenvalue weighted by atomic mass is 79.9. The van der Waals surface area contributed by atoms with Crippen LogP contribution < -0.4 is 5.73 Å². The molecule has 2 aromatic rings. The van der Waals surface area contributed by atoms with Crippen molar-refractivity contribution < 1.29 is 9.53 Å². The number of hydrogen-bond donors (Lipinski definition) is 1. The van der Waals surface area contributed by atoms with Crippen LogP contribution in [0.15, 0.2) is 62.8 Å². The lowest BCUT2D eigenvalue weighted by atomic mass is 10.1. The third-order valence-electron chi connectivity index (χ3n) is 2.96. The molecule has 2 rings (SSSR count). The van der Waals surface area contributed by atoms with Gasteiger partial charge in [-0.3, -0.25) is 4.79 Å². The third kappa shape index (κ3) is 4.59. The van der Waals surface area contributed by atoms with Crippen molar-refractivity contribution in [2.24, 2.45) is 5.73 Å². The monoisotopic (exact) mass is 365 g/mol. The summed E-state index contributed by atoms with van der Waals surface area (Å²) in [5, 5.41) is 0. The average molecular weight is 366 g/mol. The Labute approximate surface area is 137 Å².